The van der Waals surface area contributed by atoms with E-state index in [2.05, 4.69) is 15.2 Å². The molecule has 0 aliphatic carbocycles. The van der Waals surface area contributed by atoms with Crippen molar-refractivity contribution in [2.75, 3.05) is 23.3 Å². The number of benzene rings is 1. The standard InChI is InChI=1S/C19H22F3N3O/c1-3-11-25(12-4-2)17-13-14(9-10-23-17)18(26)24-16-8-6-5-7-15(16)19(20,21)22/h5-10,13H,3-4,11-12H2,1-2H3,(H,24,26). The Bertz CT molecular complexity index is 741. The number of rotatable bonds is 7. The fourth-order valence-electron chi connectivity index (χ4n) is 2.65. The minimum atomic E-state index is -4.54. The van der Waals surface area contributed by atoms with Crippen LogP contribution < -0.4 is 10.2 Å². The maximum Gasteiger partial charge on any atom is 0.418 e. The molecule has 0 atom stereocenters. The summed E-state index contributed by atoms with van der Waals surface area (Å²) in [4.78, 5) is 18.8. The van der Waals surface area contributed by atoms with E-state index in [0.29, 0.717) is 5.82 Å². The highest BCUT2D eigenvalue weighted by atomic mass is 19.4. The monoisotopic (exact) mass is 365 g/mol. The van der Waals surface area contributed by atoms with Gasteiger partial charge in [-0.1, -0.05) is 26.0 Å². The predicted molar refractivity (Wildman–Crippen MR) is 96.4 cm³/mol. The molecule has 2 rings (SSSR count). The first-order valence-electron chi connectivity index (χ1n) is 8.55. The number of pyridine rings is 1. The molecule has 0 saturated carbocycles. The number of nitrogens with zero attached hydrogens (tertiary/aromatic N) is 2. The van der Waals surface area contributed by atoms with Crippen LogP contribution in [0.5, 0.6) is 0 Å². The summed E-state index contributed by atoms with van der Waals surface area (Å²) in [6.07, 6.45) is -1.18. The van der Waals surface area contributed by atoms with Gasteiger partial charge in [0, 0.05) is 24.8 Å². The summed E-state index contributed by atoms with van der Waals surface area (Å²) in [5.41, 5.74) is -0.868. The third-order valence-corrected chi connectivity index (χ3v) is 3.80. The van der Waals surface area contributed by atoms with Crippen molar-refractivity contribution < 1.29 is 18.0 Å². The Morgan fingerprint density at radius 1 is 1.12 bits per heavy atom. The number of hydrogen-bond donors (Lipinski definition) is 1. The van der Waals surface area contributed by atoms with Crippen LogP contribution >= 0.6 is 0 Å². The van der Waals surface area contributed by atoms with Gasteiger partial charge in [0.2, 0.25) is 0 Å². The van der Waals surface area contributed by atoms with Crippen LogP contribution in [0.4, 0.5) is 24.7 Å². The van der Waals surface area contributed by atoms with Gasteiger partial charge in [0.1, 0.15) is 5.82 Å². The minimum absolute atomic E-state index is 0.262. The second-order valence-electron chi connectivity index (χ2n) is 5.89. The molecule has 1 amide bonds. The molecule has 0 aliphatic heterocycles. The number of carbonyl (C=O) groups is 1. The van der Waals surface area contributed by atoms with Crippen molar-refractivity contribution in [3.8, 4) is 0 Å². The summed E-state index contributed by atoms with van der Waals surface area (Å²) in [5.74, 6) is 0.0451. The zero-order valence-electron chi connectivity index (χ0n) is 14.8. The third-order valence-electron chi connectivity index (χ3n) is 3.80. The van der Waals surface area contributed by atoms with E-state index in [1.807, 2.05) is 13.8 Å². The predicted octanol–water partition coefficient (Wildman–Crippen LogP) is 4.98. The van der Waals surface area contributed by atoms with E-state index < -0.39 is 17.6 Å². The summed E-state index contributed by atoms with van der Waals surface area (Å²) in [6.45, 7) is 5.69. The molecule has 0 spiro atoms. The smallest absolute Gasteiger partial charge is 0.357 e. The molecule has 4 nitrogen and oxygen atoms in total. The topological polar surface area (TPSA) is 45.2 Å². The summed E-state index contributed by atoms with van der Waals surface area (Å²) < 4.78 is 39.2. The lowest BCUT2D eigenvalue weighted by molar-refractivity contribution is -0.136. The Labute approximate surface area is 151 Å². The normalized spacial score (nSPS) is 11.3. The van der Waals surface area contributed by atoms with Crippen molar-refractivity contribution >= 4 is 17.4 Å². The Kier molecular flexibility index (Phi) is 6.60. The lowest BCUT2D eigenvalue weighted by atomic mass is 10.1. The first kappa shape index (κ1) is 19.8. The van der Waals surface area contributed by atoms with Gasteiger partial charge in [0.15, 0.2) is 0 Å². The molecule has 1 aromatic heterocycles. The van der Waals surface area contributed by atoms with Gasteiger partial charge in [-0.05, 0) is 37.1 Å². The average molecular weight is 365 g/mol. The van der Waals surface area contributed by atoms with Crippen LogP contribution in [0.1, 0.15) is 42.6 Å². The lowest BCUT2D eigenvalue weighted by Gasteiger charge is -2.22. The quantitative estimate of drug-likeness (QED) is 0.753. The van der Waals surface area contributed by atoms with Gasteiger partial charge in [-0.15, -0.1) is 0 Å². The number of halogens is 3. The van der Waals surface area contributed by atoms with Crippen LogP contribution in [0.25, 0.3) is 0 Å². The van der Waals surface area contributed by atoms with Gasteiger partial charge in [0.25, 0.3) is 5.91 Å². The number of hydrogen-bond acceptors (Lipinski definition) is 3. The van der Waals surface area contributed by atoms with Gasteiger partial charge in [-0.2, -0.15) is 13.2 Å². The van der Waals surface area contributed by atoms with E-state index >= 15 is 0 Å². The van der Waals surface area contributed by atoms with Crippen molar-refractivity contribution in [1.82, 2.24) is 4.98 Å². The van der Waals surface area contributed by atoms with Gasteiger partial charge in [-0.25, -0.2) is 4.98 Å². The van der Waals surface area contributed by atoms with Gasteiger partial charge >= 0.3 is 6.18 Å². The van der Waals surface area contributed by atoms with Crippen molar-refractivity contribution in [2.24, 2.45) is 0 Å². The number of para-hydroxylation sites is 1. The van der Waals surface area contributed by atoms with Crippen molar-refractivity contribution in [3.63, 3.8) is 0 Å². The first-order chi connectivity index (χ1) is 12.4. The van der Waals surface area contributed by atoms with Crippen molar-refractivity contribution in [2.45, 2.75) is 32.9 Å². The molecule has 1 N–H and O–H groups in total. The Balaban J connectivity index is 2.25. The second kappa shape index (κ2) is 8.69. The van der Waals surface area contributed by atoms with E-state index in [1.54, 1.807) is 6.07 Å². The molecule has 0 aliphatic rings. The largest absolute Gasteiger partial charge is 0.418 e. The Morgan fingerprint density at radius 3 is 2.38 bits per heavy atom. The highest BCUT2D eigenvalue weighted by Gasteiger charge is 2.33. The summed E-state index contributed by atoms with van der Waals surface area (Å²) in [6, 6.07) is 8.02. The maximum absolute atomic E-state index is 13.1. The van der Waals surface area contributed by atoms with Crippen LogP contribution in [0.2, 0.25) is 0 Å². The van der Waals surface area contributed by atoms with Crippen LogP contribution in [0.15, 0.2) is 42.6 Å². The van der Waals surface area contributed by atoms with E-state index in [-0.39, 0.29) is 11.3 Å². The third kappa shape index (κ3) is 4.97. The highest BCUT2D eigenvalue weighted by Crippen LogP contribution is 2.34. The summed E-state index contributed by atoms with van der Waals surface area (Å²) >= 11 is 0. The molecule has 0 bridgehead atoms. The molecule has 1 heterocycles. The number of amides is 1. The first-order valence-corrected chi connectivity index (χ1v) is 8.55. The van der Waals surface area contributed by atoms with Crippen LogP contribution in [-0.4, -0.2) is 24.0 Å². The molecular weight excluding hydrogens is 343 g/mol. The van der Waals surface area contributed by atoms with Crippen LogP contribution in [0.3, 0.4) is 0 Å². The van der Waals surface area contributed by atoms with Gasteiger partial charge in [0.05, 0.1) is 11.3 Å². The molecule has 140 valence electrons. The number of alkyl halides is 3. The number of aromatic nitrogens is 1. The lowest BCUT2D eigenvalue weighted by Crippen LogP contribution is -2.26. The van der Waals surface area contributed by atoms with E-state index in [9.17, 15) is 18.0 Å². The molecule has 2 aromatic rings. The number of anilines is 2. The molecule has 0 radical (unpaired) electrons. The SMILES string of the molecule is CCCN(CCC)c1cc(C(=O)Nc2ccccc2C(F)(F)F)ccn1. The molecule has 0 unspecified atom stereocenters. The fraction of sp³-hybridized carbons (Fsp3) is 0.368. The van der Waals surface area contributed by atoms with E-state index in [4.69, 9.17) is 0 Å². The van der Waals surface area contributed by atoms with E-state index in [0.717, 1.165) is 32.0 Å². The zero-order chi connectivity index (χ0) is 19.2. The van der Waals surface area contributed by atoms with Crippen molar-refractivity contribution in [1.29, 1.82) is 0 Å². The molecule has 7 heteroatoms. The van der Waals surface area contributed by atoms with E-state index in [1.165, 1.54) is 30.5 Å². The molecular formula is C19H22F3N3O. The molecule has 26 heavy (non-hydrogen) atoms. The Hall–Kier alpha value is -2.57. The Morgan fingerprint density at radius 2 is 1.77 bits per heavy atom. The van der Waals surface area contributed by atoms with Gasteiger partial charge < -0.3 is 10.2 Å². The number of nitrogens with one attached hydrogen (secondary N) is 1. The summed E-state index contributed by atoms with van der Waals surface area (Å²) in [7, 11) is 0. The molecule has 0 fully saturated rings. The zero-order valence-corrected chi connectivity index (χ0v) is 14.8. The average Bonchev–Trinajstić information content (AvgIpc) is 2.61. The summed E-state index contributed by atoms with van der Waals surface area (Å²) in [5, 5.41) is 2.36. The second-order valence-corrected chi connectivity index (χ2v) is 5.89. The van der Waals surface area contributed by atoms with Crippen LogP contribution in [0, 0.1) is 0 Å². The molecule has 0 saturated heterocycles. The van der Waals surface area contributed by atoms with Crippen LogP contribution in [-0.2, 0) is 6.18 Å². The fourth-order valence-corrected chi connectivity index (χ4v) is 2.65. The number of carbonyl (C=O) groups excluding carboxylic acids is 1. The van der Waals surface area contributed by atoms with Gasteiger partial charge in [-0.3, -0.25) is 4.79 Å². The maximum atomic E-state index is 13.1. The minimum Gasteiger partial charge on any atom is -0.357 e. The highest BCUT2D eigenvalue weighted by molar-refractivity contribution is 6.05. The molecule has 1 aromatic carbocycles. The van der Waals surface area contributed by atoms with Crippen molar-refractivity contribution in [3.05, 3.63) is 53.7 Å².